The van der Waals surface area contributed by atoms with Crippen molar-refractivity contribution in [1.82, 2.24) is 15.1 Å². The van der Waals surface area contributed by atoms with Crippen LogP contribution in [-0.2, 0) is 13.0 Å². The minimum atomic E-state index is 0.591. The van der Waals surface area contributed by atoms with Crippen molar-refractivity contribution in [1.29, 1.82) is 0 Å². The quantitative estimate of drug-likeness (QED) is 0.797. The largest absolute Gasteiger partial charge is 0.370 e. The number of anilines is 2. The van der Waals surface area contributed by atoms with E-state index in [1.807, 2.05) is 6.07 Å². The Balaban J connectivity index is 2.10. The molecule has 102 valence electrons. The molecule has 0 amide bonds. The topological polar surface area (TPSA) is 75.9 Å². The molecule has 0 spiro atoms. The second-order valence-electron chi connectivity index (χ2n) is 4.17. The third-order valence-electron chi connectivity index (χ3n) is 2.77. The van der Waals surface area contributed by atoms with E-state index in [0.29, 0.717) is 6.54 Å². The summed E-state index contributed by atoms with van der Waals surface area (Å²) in [5.41, 5.74) is 1.95. The van der Waals surface area contributed by atoms with Crippen molar-refractivity contribution in [2.24, 2.45) is 0 Å². The van der Waals surface area contributed by atoms with Crippen LogP contribution in [0, 0.1) is 0 Å². The maximum atomic E-state index is 4.80. The Morgan fingerprint density at radius 3 is 2.58 bits per heavy atom. The van der Waals surface area contributed by atoms with Crippen molar-refractivity contribution in [3.63, 3.8) is 0 Å². The van der Waals surface area contributed by atoms with E-state index in [4.69, 9.17) is 4.52 Å². The highest BCUT2D eigenvalue weighted by atomic mass is 16.5. The fourth-order valence-electron chi connectivity index (χ4n) is 1.80. The van der Waals surface area contributed by atoms with Gasteiger partial charge in [-0.25, -0.2) is 9.97 Å². The van der Waals surface area contributed by atoms with Crippen molar-refractivity contribution < 1.29 is 4.52 Å². The maximum Gasteiger partial charge on any atom is 0.135 e. The Morgan fingerprint density at radius 1 is 1.16 bits per heavy atom. The molecule has 2 rings (SSSR count). The molecule has 0 radical (unpaired) electrons. The number of hydrogen-bond acceptors (Lipinski definition) is 6. The van der Waals surface area contributed by atoms with E-state index in [1.165, 1.54) is 0 Å². The number of aromatic nitrogens is 3. The molecule has 0 aliphatic rings. The van der Waals surface area contributed by atoms with Gasteiger partial charge in [-0.2, -0.15) is 0 Å². The molecule has 0 saturated heterocycles. The SMILES string of the molecule is CCCNc1ncnc(NCc2ccon2)c1CC. The van der Waals surface area contributed by atoms with Gasteiger partial charge in [-0.05, 0) is 12.8 Å². The average Bonchev–Trinajstić information content (AvgIpc) is 2.96. The molecule has 0 aliphatic carbocycles. The molecule has 6 heteroatoms. The zero-order valence-electron chi connectivity index (χ0n) is 11.3. The van der Waals surface area contributed by atoms with E-state index in [0.717, 1.165) is 42.3 Å². The van der Waals surface area contributed by atoms with Crippen molar-refractivity contribution in [3.8, 4) is 0 Å². The highest BCUT2D eigenvalue weighted by Gasteiger charge is 2.09. The van der Waals surface area contributed by atoms with Gasteiger partial charge in [0.15, 0.2) is 0 Å². The van der Waals surface area contributed by atoms with Crippen LogP contribution in [0.25, 0.3) is 0 Å². The van der Waals surface area contributed by atoms with Gasteiger partial charge < -0.3 is 15.2 Å². The van der Waals surface area contributed by atoms with Crippen LogP contribution < -0.4 is 10.6 Å². The number of hydrogen-bond donors (Lipinski definition) is 2. The van der Waals surface area contributed by atoms with Crippen LogP contribution in [0.15, 0.2) is 23.2 Å². The minimum Gasteiger partial charge on any atom is -0.370 e. The normalized spacial score (nSPS) is 10.4. The van der Waals surface area contributed by atoms with Crippen molar-refractivity contribution >= 4 is 11.6 Å². The van der Waals surface area contributed by atoms with Gasteiger partial charge in [-0.3, -0.25) is 0 Å². The van der Waals surface area contributed by atoms with Gasteiger partial charge in [0.1, 0.15) is 29.9 Å². The summed E-state index contributed by atoms with van der Waals surface area (Å²) in [6, 6.07) is 1.83. The molecule has 0 bridgehead atoms. The van der Waals surface area contributed by atoms with E-state index < -0.39 is 0 Å². The first-order valence-electron chi connectivity index (χ1n) is 6.56. The fourth-order valence-corrected chi connectivity index (χ4v) is 1.80. The predicted molar refractivity (Wildman–Crippen MR) is 74.0 cm³/mol. The second kappa shape index (κ2) is 6.72. The monoisotopic (exact) mass is 261 g/mol. The average molecular weight is 261 g/mol. The van der Waals surface area contributed by atoms with Crippen LogP contribution in [0.3, 0.4) is 0 Å². The summed E-state index contributed by atoms with van der Waals surface area (Å²) in [4.78, 5) is 8.59. The van der Waals surface area contributed by atoms with E-state index in [-0.39, 0.29) is 0 Å². The summed E-state index contributed by atoms with van der Waals surface area (Å²) < 4.78 is 4.80. The van der Waals surface area contributed by atoms with Crippen LogP contribution in [0.4, 0.5) is 11.6 Å². The molecule has 2 heterocycles. The third kappa shape index (κ3) is 3.43. The lowest BCUT2D eigenvalue weighted by Gasteiger charge is -2.13. The van der Waals surface area contributed by atoms with Crippen molar-refractivity contribution in [2.75, 3.05) is 17.2 Å². The fraction of sp³-hybridized carbons (Fsp3) is 0.462. The molecule has 0 fully saturated rings. The van der Waals surface area contributed by atoms with E-state index >= 15 is 0 Å². The summed E-state index contributed by atoms with van der Waals surface area (Å²) >= 11 is 0. The van der Waals surface area contributed by atoms with Crippen molar-refractivity contribution in [2.45, 2.75) is 33.2 Å². The molecule has 0 aliphatic heterocycles. The predicted octanol–water partition coefficient (Wildman–Crippen LogP) is 2.46. The number of nitrogens with zero attached hydrogens (tertiary/aromatic N) is 3. The molecular formula is C13H19N5O. The Hall–Kier alpha value is -2.11. The third-order valence-corrected chi connectivity index (χ3v) is 2.77. The first kappa shape index (κ1) is 13.3. The highest BCUT2D eigenvalue weighted by Crippen LogP contribution is 2.20. The highest BCUT2D eigenvalue weighted by molar-refractivity contribution is 5.57. The Bertz CT molecular complexity index is 498. The van der Waals surface area contributed by atoms with Crippen molar-refractivity contribution in [3.05, 3.63) is 29.9 Å². The van der Waals surface area contributed by atoms with Gasteiger partial charge in [0.25, 0.3) is 0 Å². The van der Waals surface area contributed by atoms with E-state index in [9.17, 15) is 0 Å². The van der Waals surface area contributed by atoms with Gasteiger partial charge in [-0.1, -0.05) is 19.0 Å². The Morgan fingerprint density at radius 2 is 1.95 bits per heavy atom. The first-order chi connectivity index (χ1) is 9.35. The molecule has 0 saturated carbocycles. The summed E-state index contributed by atoms with van der Waals surface area (Å²) in [5.74, 6) is 1.75. The smallest absolute Gasteiger partial charge is 0.135 e. The van der Waals surface area contributed by atoms with Crippen LogP contribution in [0.1, 0.15) is 31.5 Å². The van der Waals surface area contributed by atoms with Gasteiger partial charge in [-0.15, -0.1) is 0 Å². The zero-order chi connectivity index (χ0) is 13.5. The second-order valence-corrected chi connectivity index (χ2v) is 4.17. The van der Waals surface area contributed by atoms with Crippen LogP contribution in [-0.4, -0.2) is 21.7 Å². The minimum absolute atomic E-state index is 0.591. The molecule has 0 aromatic carbocycles. The molecule has 2 N–H and O–H groups in total. The summed E-state index contributed by atoms with van der Waals surface area (Å²) in [5, 5.41) is 10.5. The lowest BCUT2D eigenvalue weighted by molar-refractivity contribution is 0.412. The van der Waals surface area contributed by atoms with Gasteiger partial charge in [0.2, 0.25) is 0 Å². The zero-order valence-corrected chi connectivity index (χ0v) is 11.3. The summed E-state index contributed by atoms with van der Waals surface area (Å²) in [7, 11) is 0. The summed E-state index contributed by atoms with van der Waals surface area (Å²) in [6.45, 7) is 5.72. The standard InChI is InChI=1S/C13H19N5O/c1-3-6-14-12-11(4-2)13(17-9-16-12)15-8-10-5-7-19-18-10/h5,7,9H,3-4,6,8H2,1-2H3,(H2,14,15,16,17). The molecule has 0 atom stereocenters. The van der Waals surface area contributed by atoms with Gasteiger partial charge in [0.05, 0.1) is 6.54 Å². The van der Waals surface area contributed by atoms with Gasteiger partial charge >= 0.3 is 0 Å². The van der Waals surface area contributed by atoms with E-state index in [2.05, 4.69) is 39.6 Å². The van der Waals surface area contributed by atoms with E-state index in [1.54, 1.807) is 12.6 Å². The molecule has 2 aromatic heterocycles. The Kier molecular flexibility index (Phi) is 4.72. The summed E-state index contributed by atoms with van der Waals surface area (Å²) in [6.07, 6.45) is 5.07. The molecule has 2 aromatic rings. The first-order valence-corrected chi connectivity index (χ1v) is 6.56. The van der Waals surface area contributed by atoms with Crippen LogP contribution >= 0.6 is 0 Å². The molecule has 0 unspecified atom stereocenters. The lowest BCUT2D eigenvalue weighted by atomic mass is 10.2. The van der Waals surface area contributed by atoms with Crippen LogP contribution in [0.2, 0.25) is 0 Å². The van der Waals surface area contributed by atoms with Gasteiger partial charge in [0, 0.05) is 18.2 Å². The molecular weight excluding hydrogens is 242 g/mol. The molecule has 19 heavy (non-hydrogen) atoms. The Labute approximate surface area is 112 Å². The number of nitrogens with one attached hydrogen (secondary N) is 2. The maximum absolute atomic E-state index is 4.80. The number of rotatable bonds is 7. The van der Waals surface area contributed by atoms with Crippen LogP contribution in [0.5, 0.6) is 0 Å². The lowest BCUT2D eigenvalue weighted by Crippen LogP contribution is -2.10. The molecule has 6 nitrogen and oxygen atoms in total.